The van der Waals surface area contributed by atoms with Crippen LogP contribution in [-0.2, 0) is 4.74 Å². The van der Waals surface area contributed by atoms with Gasteiger partial charge in [-0.05, 0) is 19.1 Å². The molecule has 8 nitrogen and oxygen atoms in total. The zero-order chi connectivity index (χ0) is 25.3. The Kier molecular flexibility index (Phi) is 6.95. The highest BCUT2D eigenvalue weighted by atomic mass is 35.5. The Balaban J connectivity index is 1.98. The van der Waals surface area contributed by atoms with Gasteiger partial charge in [-0.3, -0.25) is 0 Å². The van der Waals surface area contributed by atoms with Crippen molar-refractivity contribution in [2.24, 2.45) is 10.9 Å². The second kappa shape index (κ2) is 9.93. The lowest BCUT2D eigenvalue weighted by Crippen LogP contribution is -2.49. The summed E-state index contributed by atoms with van der Waals surface area (Å²) in [6.45, 7) is 2.56. The van der Waals surface area contributed by atoms with Crippen LogP contribution in [-0.4, -0.2) is 52.2 Å². The summed E-state index contributed by atoms with van der Waals surface area (Å²) < 4.78 is 46.6. The van der Waals surface area contributed by atoms with E-state index in [1.165, 1.54) is 11.6 Å². The van der Waals surface area contributed by atoms with E-state index in [1.54, 1.807) is 31.2 Å². The fourth-order valence-corrected chi connectivity index (χ4v) is 4.26. The first kappa shape index (κ1) is 24.5. The minimum absolute atomic E-state index is 0.00261. The third kappa shape index (κ3) is 4.31. The van der Waals surface area contributed by atoms with Gasteiger partial charge in [-0.2, -0.15) is 14.9 Å². The number of aliphatic hydroxyl groups excluding tert-OH is 1. The number of ether oxygens (including phenoxy) is 1. The van der Waals surface area contributed by atoms with Gasteiger partial charge in [0.1, 0.15) is 35.2 Å². The van der Waals surface area contributed by atoms with Crippen molar-refractivity contribution in [1.29, 1.82) is 5.26 Å². The fraction of sp³-hybridized carbons (Fsp3) is 0.304. The van der Waals surface area contributed by atoms with E-state index in [0.717, 1.165) is 6.20 Å². The standard InChI is InChI=1S/C23H20ClF3N6O2/c1-12-15(7-14-3-4-17(24)20(35-2)18(14)29-6-5-25)23(32-9-13(10-32)11-34)33-22(30-12)16(8-28)19(31-33)21(26)27/h3-7,13,21,34H,9-11H2,1-2H3/b6-5+,14-7+,29-18-. The van der Waals surface area contributed by atoms with Crippen molar-refractivity contribution < 1.29 is 23.0 Å². The maximum Gasteiger partial charge on any atom is 0.283 e. The molecule has 2 aliphatic rings. The number of alkyl halides is 2. The van der Waals surface area contributed by atoms with Gasteiger partial charge in [0.15, 0.2) is 11.4 Å². The normalized spacial score (nSPS) is 19.0. The SMILES string of the molecule is COC1=C(Cl)C=CC(=C\c2c(C)nc3c(C#N)c(C(F)F)nn3c2N2CC(CO)C2)/C1=N/C=C/F. The molecule has 4 rings (SSSR count). The maximum absolute atomic E-state index is 13.7. The van der Waals surface area contributed by atoms with Gasteiger partial charge in [0.2, 0.25) is 0 Å². The zero-order valence-electron chi connectivity index (χ0n) is 18.7. The van der Waals surface area contributed by atoms with Crippen molar-refractivity contribution in [2.45, 2.75) is 13.3 Å². The van der Waals surface area contributed by atoms with E-state index in [-0.39, 0.29) is 46.6 Å². The predicted octanol–water partition coefficient (Wildman–Crippen LogP) is 4.21. The molecule has 3 heterocycles. The van der Waals surface area contributed by atoms with Gasteiger partial charge in [-0.25, -0.2) is 23.1 Å². The second-order valence-corrected chi connectivity index (χ2v) is 8.27. The summed E-state index contributed by atoms with van der Waals surface area (Å²) in [6, 6.07) is 1.79. The molecule has 0 amide bonds. The Bertz CT molecular complexity index is 1360. The Labute approximate surface area is 203 Å². The Morgan fingerprint density at radius 2 is 2.14 bits per heavy atom. The third-order valence-electron chi connectivity index (χ3n) is 5.71. The Morgan fingerprint density at radius 1 is 1.40 bits per heavy atom. The molecular weight excluding hydrogens is 485 g/mol. The van der Waals surface area contributed by atoms with Gasteiger partial charge < -0.3 is 14.7 Å². The molecular formula is C23H20ClF3N6O2. The van der Waals surface area contributed by atoms with Crippen LogP contribution in [0.5, 0.6) is 0 Å². The average molecular weight is 505 g/mol. The smallest absolute Gasteiger partial charge is 0.283 e. The number of aliphatic imine (C=N–C) groups is 1. The number of rotatable bonds is 6. The van der Waals surface area contributed by atoms with Crippen LogP contribution >= 0.6 is 11.6 Å². The van der Waals surface area contributed by atoms with E-state index in [2.05, 4.69) is 15.1 Å². The number of aromatic nitrogens is 3. The number of fused-ring (bicyclic) bond motifs is 1. The quantitative estimate of drug-likeness (QED) is 0.633. The Hall–Kier alpha value is -3.62. The van der Waals surface area contributed by atoms with Gasteiger partial charge in [0.25, 0.3) is 6.43 Å². The highest BCUT2D eigenvalue weighted by Gasteiger charge is 2.33. The number of allylic oxidation sites excluding steroid dienone is 4. The molecule has 0 aromatic carbocycles. The molecule has 1 aliphatic heterocycles. The van der Waals surface area contributed by atoms with Crippen LogP contribution in [0.4, 0.5) is 19.0 Å². The van der Waals surface area contributed by atoms with Gasteiger partial charge in [0.05, 0.1) is 24.0 Å². The maximum atomic E-state index is 13.7. The number of methoxy groups -OCH3 is 1. The number of aliphatic hydroxyl groups is 1. The van der Waals surface area contributed by atoms with Gasteiger partial charge >= 0.3 is 0 Å². The molecule has 12 heteroatoms. The molecule has 0 radical (unpaired) electrons. The first-order chi connectivity index (χ1) is 16.8. The third-order valence-corrected chi connectivity index (χ3v) is 6.00. The lowest BCUT2D eigenvalue weighted by atomic mass is 9.97. The molecule has 0 unspecified atom stereocenters. The number of halogens is 4. The van der Waals surface area contributed by atoms with Crippen molar-refractivity contribution in [1.82, 2.24) is 14.6 Å². The lowest BCUT2D eigenvalue weighted by Gasteiger charge is -2.40. The average Bonchev–Trinajstić information content (AvgIpc) is 3.18. The highest BCUT2D eigenvalue weighted by molar-refractivity contribution is 6.36. The van der Waals surface area contributed by atoms with Crippen molar-refractivity contribution in [3.8, 4) is 6.07 Å². The summed E-state index contributed by atoms with van der Waals surface area (Å²) in [6.07, 6.45) is 3.19. The molecule has 182 valence electrons. The van der Waals surface area contributed by atoms with Crippen LogP contribution in [0.15, 0.2) is 46.0 Å². The molecule has 1 aliphatic carbocycles. The number of nitriles is 1. The molecule has 2 aromatic heterocycles. The van der Waals surface area contributed by atoms with E-state index in [9.17, 15) is 23.5 Å². The second-order valence-electron chi connectivity index (χ2n) is 7.86. The number of nitrogens with zero attached hydrogens (tertiary/aromatic N) is 6. The fourth-order valence-electron chi connectivity index (χ4n) is 4.03. The molecule has 1 fully saturated rings. The van der Waals surface area contributed by atoms with Crippen LogP contribution in [0.25, 0.3) is 11.7 Å². The molecule has 1 saturated heterocycles. The summed E-state index contributed by atoms with van der Waals surface area (Å²) in [4.78, 5) is 10.4. The number of hydrogen-bond acceptors (Lipinski definition) is 7. The molecule has 0 atom stereocenters. The van der Waals surface area contributed by atoms with Crippen molar-refractivity contribution in [2.75, 3.05) is 31.7 Å². The van der Waals surface area contributed by atoms with Crippen molar-refractivity contribution >= 4 is 34.9 Å². The molecule has 0 saturated carbocycles. The monoisotopic (exact) mass is 504 g/mol. The summed E-state index contributed by atoms with van der Waals surface area (Å²) in [7, 11) is 1.40. The molecule has 1 N–H and O–H groups in total. The van der Waals surface area contributed by atoms with Gasteiger partial charge in [-0.1, -0.05) is 17.7 Å². The van der Waals surface area contributed by atoms with Gasteiger partial charge in [-0.15, -0.1) is 0 Å². The minimum Gasteiger partial charge on any atom is -0.493 e. The Morgan fingerprint density at radius 3 is 2.74 bits per heavy atom. The molecule has 0 spiro atoms. The highest BCUT2D eigenvalue weighted by Crippen LogP contribution is 2.36. The van der Waals surface area contributed by atoms with Crippen LogP contribution in [0.1, 0.15) is 28.9 Å². The molecule has 2 aromatic rings. The van der Waals surface area contributed by atoms with E-state index >= 15 is 0 Å². The minimum atomic E-state index is -2.97. The van der Waals surface area contributed by atoms with Crippen molar-refractivity contribution in [3.63, 3.8) is 0 Å². The molecule has 0 bridgehead atoms. The predicted molar refractivity (Wildman–Crippen MR) is 125 cm³/mol. The van der Waals surface area contributed by atoms with Crippen molar-refractivity contribution in [3.05, 3.63) is 63.6 Å². The lowest BCUT2D eigenvalue weighted by molar-refractivity contribution is 0.145. The van der Waals surface area contributed by atoms with E-state index in [1.807, 2.05) is 4.90 Å². The first-order valence-corrected chi connectivity index (χ1v) is 10.9. The van der Waals surface area contributed by atoms with E-state index in [4.69, 9.17) is 16.3 Å². The number of hydrogen-bond donors (Lipinski definition) is 1. The van der Waals surface area contributed by atoms with Crippen LogP contribution in [0, 0.1) is 24.2 Å². The first-order valence-electron chi connectivity index (χ1n) is 10.5. The zero-order valence-corrected chi connectivity index (χ0v) is 19.5. The number of aryl methyl sites for hydroxylation is 1. The van der Waals surface area contributed by atoms with Crippen LogP contribution in [0.2, 0.25) is 0 Å². The summed E-state index contributed by atoms with van der Waals surface area (Å²) in [5.74, 6) is 0.659. The largest absolute Gasteiger partial charge is 0.493 e. The van der Waals surface area contributed by atoms with Gasteiger partial charge in [0, 0.05) is 36.8 Å². The summed E-state index contributed by atoms with van der Waals surface area (Å²) in [5.41, 5.74) is 0.767. The van der Waals surface area contributed by atoms with E-state index in [0.29, 0.717) is 35.7 Å². The number of anilines is 1. The van der Waals surface area contributed by atoms with Crippen LogP contribution in [0.3, 0.4) is 0 Å². The van der Waals surface area contributed by atoms with E-state index < -0.39 is 12.1 Å². The summed E-state index contributed by atoms with van der Waals surface area (Å²) >= 11 is 6.23. The summed E-state index contributed by atoms with van der Waals surface area (Å²) in [5, 5.41) is 23.3. The topological polar surface area (TPSA) is 99.0 Å². The van der Waals surface area contributed by atoms with Crippen LogP contribution < -0.4 is 4.90 Å². The molecule has 35 heavy (non-hydrogen) atoms.